The van der Waals surface area contributed by atoms with Crippen molar-refractivity contribution in [3.8, 4) is 0 Å². The summed E-state index contributed by atoms with van der Waals surface area (Å²) in [6.07, 6.45) is 9.75. The quantitative estimate of drug-likeness (QED) is 0.751. The first-order chi connectivity index (χ1) is 12.6. The summed E-state index contributed by atoms with van der Waals surface area (Å²) in [6.45, 7) is 2.65. The Balaban J connectivity index is 0.000000254. The lowest BCUT2D eigenvalue weighted by Gasteiger charge is -2.22. The van der Waals surface area contributed by atoms with Crippen LogP contribution in [0.4, 0.5) is 4.79 Å². The Kier molecular flexibility index (Phi) is 8.41. The van der Waals surface area contributed by atoms with Crippen LogP contribution in [-0.4, -0.2) is 47.7 Å². The number of nitrogens with one attached hydrogen (secondary N) is 1. The third-order valence-corrected chi connectivity index (χ3v) is 5.04. The van der Waals surface area contributed by atoms with E-state index >= 15 is 0 Å². The molecule has 0 spiro atoms. The maximum atomic E-state index is 10.9. The first kappa shape index (κ1) is 20.2. The second-order valence-electron chi connectivity index (χ2n) is 7.08. The number of primary amides is 1. The van der Waals surface area contributed by atoms with Crippen LogP contribution in [-0.2, 0) is 6.42 Å². The van der Waals surface area contributed by atoms with Crippen LogP contribution in [0.2, 0.25) is 0 Å². The smallest absolute Gasteiger partial charge is 0.335 e. The van der Waals surface area contributed by atoms with Gasteiger partial charge in [0.05, 0.1) is 5.56 Å². The molecule has 0 aromatic heterocycles. The van der Waals surface area contributed by atoms with Gasteiger partial charge in [-0.25, -0.2) is 9.59 Å². The van der Waals surface area contributed by atoms with Gasteiger partial charge >= 0.3 is 12.0 Å². The normalized spacial score (nSPS) is 17.5. The Hall–Kier alpha value is -2.08. The van der Waals surface area contributed by atoms with Crippen molar-refractivity contribution in [3.63, 3.8) is 0 Å². The van der Waals surface area contributed by atoms with Crippen LogP contribution in [0.25, 0.3) is 0 Å². The van der Waals surface area contributed by atoms with E-state index in [-0.39, 0.29) is 6.03 Å². The Morgan fingerprint density at radius 2 is 1.81 bits per heavy atom. The zero-order valence-corrected chi connectivity index (χ0v) is 15.5. The van der Waals surface area contributed by atoms with Crippen molar-refractivity contribution in [1.82, 2.24) is 10.2 Å². The number of likely N-dealkylation sites (tertiary alicyclic amines) is 1. The number of nitrogens with two attached hydrogens (primary N) is 1. The van der Waals surface area contributed by atoms with E-state index in [0.717, 1.165) is 44.5 Å². The minimum Gasteiger partial charge on any atom is -0.478 e. The Morgan fingerprint density at radius 3 is 2.38 bits per heavy atom. The summed E-state index contributed by atoms with van der Waals surface area (Å²) in [6, 6.07) is 7.61. The number of carboxylic acid groups (broad SMARTS) is 1. The molecule has 1 aliphatic carbocycles. The predicted molar refractivity (Wildman–Crippen MR) is 102 cm³/mol. The molecule has 3 rings (SSSR count). The molecule has 2 aliphatic rings. The number of hydrogen-bond acceptors (Lipinski definition) is 3. The SMILES string of the molecule is NC(=O)N1CCCC1.O=C(O)c1cccc(CCNC2CCCCC2)c1. The van der Waals surface area contributed by atoms with Crippen molar-refractivity contribution in [2.45, 2.75) is 57.4 Å². The number of amides is 2. The molecule has 144 valence electrons. The fourth-order valence-corrected chi connectivity index (χ4v) is 3.52. The van der Waals surface area contributed by atoms with E-state index in [9.17, 15) is 9.59 Å². The zero-order chi connectivity index (χ0) is 18.8. The maximum Gasteiger partial charge on any atom is 0.335 e. The maximum absolute atomic E-state index is 10.9. The predicted octanol–water partition coefficient (Wildman–Crippen LogP) is 3.01. The van der Waals surface area contributed by atoms with Gasteiger partial charge in [0.25, 0.3) is 0 Å². The van der Waals surface area contributed by atoms with Crippen LogP contribution in [0, 0.1) is 0 Å². The third-order valence-electron chi connectivity index (χ3n) is 5.04. The molecule has 4 N–H and O–H groups in total. The first-order valence-electron chi connectivity index (χ1n) is 9.66. The van der Waals surface area contributed by atoms with Gasteiger partial charge in [-0.2, -0.15) is 0 Å². The van der Waals surface area contributed by atoms with Gasteiger partial charge in [0.1, 0.15) is 0 Å². The number of aromatic carboxylic acids is 1. The molecule has 0 atom stereocenters. The van der Waals surface area contributed by atoms with Gasteiger partial charge in [0.15, 0.2) is 0 Å². The van der Waals surface area contributed by atoms with Crippen LogP contribution >= 0.6 is 0 Å². The summed E-state index contributed by atoms with van der Waals surface area (Å²) in [5, 5.41) is 12.5. The van der Waals surface area contributed by atoms with Crippen molar-refractivity contribution in [1.29, 1.82) is 0 Å². The molecule has 0 bridgehead atoms. The van der Waals surface area contributed by atoms with Crippen LogP contribution < -0.4 is 11.1 Å². The standard InChI is InChI=1S/C15H21NO2.C5H10N2O/c17-15(18)13-6-4-5-12(11-13)9-10-16-14-7-2-1-3-8-14;6-5(8)7-3-1-2-4-7/h4-6,11,14,16H,1-3,7-10H2,(H,17,18);1-4H2,(H2,6,8). The summed E-state index contributed by atoms with van der Waals surface area (Å²) in [7, 11) is 0. The Bertz CT molecular complexity index is 579. The minimum atomic E-state index is -0.850. The molecule has 6 heteroatoms. The van der Waals surface area contributed by atoms with Gasteiger partial charge in [-0.15, -0.1) is 0 Å². The van der Waals surface area contributed by atoms with Crippen LogP contribution in [0.1, 0.15) is 60.9 Å². The second kappa shape index (κ2) is 10.8. The van der Waals surface area contributed by atoms with Gasteiger partial charge in [-0.05, 0) is 56.3 Å². The molecular formula is C20H31N3O3. The highest BCUT2D eigenvalue weighted by molar-refractivity contribution is 5.87. The first-order valence-corrected chi connectivity index (χ1v) is 9.66. The van der Waals surface area contributed by atoms with E-state index in [1.165, 1.54) is 32.1 Å². The monoisotopic (exact) mass is 361 g/mol. The fourth-order valence-electron chi connectivity index (χ4n) is 3.52. The number of carbonyl (C=O) groups excluding carboxylic acids is 1. The molecule has 1 saturated heterocycles. The van der Waals surface area contributed by atoms with Crippen LogP contribution in [0.15, 0.2) is 24.3 Å². The molecule has 26 heavy (non-hydrogen) atoms. The summed E-state index contributed by atoms with van der Waals surface area (Å²) in [4.78, 5) is 22.9. The molecular weight excluding hydrogens is 330 g/mol. The van der Waals surface area contributed by atoms with Gasteiger partial charge in [-0.1, -0.05) is 31.4 Å². The van der Waals surface area contributed by atoms with Crippen molar-refractivity contribution in [3.05, 3.63) is 35.4 Å². The average molecular weight is 361 g/mol. The van der Waals surface area contributed by atoms with Crippen molar-refractivity contribution >= 4 is 12.0 Å². The molecule has 0 radical (unpaired) electrons. The second-order valence-corrected chi connectivity index (χ2v) is 7.08. The molecule has 1 saturated carbocycles. The lowest BCUT2D eigenvalue weighted by atomic mass is 9.95. The summed E-state index contributed by atoms with van der Waals surface area (Å²) in [5.41, 5.74) is 6.46. The van der Waals surface area contributed by atoms with E-state index in [2.05, 4.69) is 5.32 Å². The van der Waals surface area contributed by atoms with Gasteiger partial charge < -0.3 is 21.1 Å². The van der Waals surface area contributed by atoms with E-state index in [1.807, 2.05) is 12.1 Å². The third kappa shape index (κ3) is 7.04. The summed E-state index contributed by atoms with van der Waals surface area (Å²) < 4.78 is 0. The number of rotatable bonds is 5. The van der Waals surface area contributed by atoms with Gasteiger partial charge in [-0.3, -0.25) is 0 Å². The molecule has 1 aromatic rings. The highest BCUT2D eigenvalue weighted by Gasteiger charge is 2.13. The number of hydrogen-bond donors (Lipinski definition) is 3. The van der Waals surface area contributed by atoms with Gasteiger partial charge in [0.2, 0.25) is 0 Å². The Morgan fingerprint density at radius 1 is 1.12 bits per heavy atom. The topological polar surface area (TPSA) is 95.7 Å². The molecule has 2 amide bonds. The van der Waals surface area contributed by atoms with E-state index < -0.39 is 5.97 Å². The highest BCUT2D eigenvalue weighted by Crippen LogP contribution is 2.17. The molecule has 1 heterocycles. The summed E-state index contributed by atoms with van der Waals surface area (Å²) >= 11 is 0. The minimum absolute atomic E-state index is 0.275. The number of nitrogens with zero attached hydrogens (tertiary/aromatic N) is 1. The van der Waals surface area contributed by atoms with E-state index in [4.69, 9.17) is 10.8 Å². The van der Waals surface area contributed by atoms with E-state index in [1.54, 1.807) is 17.0 Å². The van der Waals surface area contributed by atoms with Crippen LogP contribution in [0.3, 0.4) is 0 Å². The number of carboxylic acids is 1. The molecule has 1 aliphatic heterocycles. The molecule has 6 nitrogen and oxygen atoms in total. The van der Waals surface area contributed by atoms with Gasteiger partial charge in [0, 0.05) is 19.1 Å². The lowest BCUT2D eigenvalue weighted by molar-refractivity contribution is 0.0696. The fraction of sp³-hybridized carbons (Fsp3) is 0.600. The summed E-state index contributed by atoms with van der Waals surface area (Å²) in [5.74, 6) is -0.850. The van der Waals surface area contributed by atoms with Crippen molar-refractivity contribution in [2.75, 3.05) is 19.6 Å². The van der Waals surface area contributed by atoms with Crippen molar-refractivity contribution in [2.24, 2.45) is 5.73 Å². The average Bonchev–Trinajstić information content (AvgIpc) is 3.18. The highest BCUT2D eigenvalue weighted by atomic mass is 16.4. The molecule has 2 fully saturated rings. The number of benzene rings is 1. The lowest BCUT2D eigenvalue weighted by Crippen LogP contribution is -2.32. The zero-order valence-electron chi connectivity index (χ0n) is 15.5. The van der Waals surface area contributed by atoms with Crippen LogP contribution in [0.5, 0.6) is 0 Å². The van der Waals surface area contributed by atoms with Crippen molar-refractivity contribution < 1.29 is 14.7 Å². The molecule has 0 unspecified atom stereocenters. The van der Waals surface area contributed by atoms with E-state index in [0.29, 0.717) is 11.6 Å². The largest absolute Gasteiger partial charge is 0.478 e. The number of carbonyl (C=O) groups is 2. The Labute approximate surface area is 155 Å². The number of urea groups is 1. The molecule has 1 aromatic carbocycles.